The van der Waals surface area contributed by atoms with Crippen molar-refractivity contribution in [3.05, 3.63) is 38.0 Å². The van der Waals surface area contributed by atoms with E-state index in [9.17, 15) is 4.79 Å². The Labute approximate surface area is 133 Å². The lowest BCUT2D eigenvalue weighted by atomic mass is 10.2. The third-order valence-electron chi connectivity index (χ3n) is 3.99. The predicted octanol–water partition coefficient (Wildman–Crippen LogP) is 4.41. The van der Waals surface area contributed by atoms with E-state index in [2.05, 4.69) is 24.0 Å². The van der Waals surface area contributed by atoms with Crippen LogP contribution in [0.5, 0.6) is 0 Å². The number of aryl methyl sites for hydroxylation is 2. The Morgan fingerprint density at radius 3 is 2.67 bits per heavy atom. The Balaban J connectivity index is 1.83. The fourth-order valence-electron chi connectivity index (χ4n) is 2.93. The van der Waals surface area contributed by atoms with E-state index in [4.69, 9.17) is 0 Å². The van der Waals surface area contributed by atoms with Gasteiger partial charge in [-0.2, -0.15) is 0 Å². The van der Waals surface area contributed by atoms with E-state index in [1.54, 1.807) is 22.7 Å². The number of aromatic nitrogens is 1. The Bertz CT molecular complexity index is 626. The molecule has 0 saturated heterocycles. The van der Waals surface area contributed by atoms with Crippen LogP contribution in [0.2, 0.25) is 0 Å². The lowest BCUT2D eigenvalue weighted by molar-refractivity contribution is 0.0661. The van der Waals surface area contributed by atoms with Gasteiger partial charge in [0.05, 0.1) is 11.6 Å². The van der Waals surface area contributed by atoms with Crippen LogP contribution in [0.4, 0.5) is 0 Å². The number of amides is 1. The molecular formula is C16H20N2OS2. The number of carbonyl (C=O) groups excluding carboxylic acids is 1. The average molecular weight is 320 g/mol. The minimum Gasteiger partial charge on any atom is -0.329 e. The first kappa shape index (κ1) is 14.7. The molecule has 0 aromatic carbocycles. The minimum atomic E-state index is 0.0947. The molecule has 0 N–H and O–H groups in total. The van der Waals surface area contributed by atoms with Crippen molar-refractivity contribution in [2.24, 2.45) is 0 Å². The molecule has 0 atom stereocenters. The summed E-state index contributed by atoms with van der Waals surface area (Å²) in [4.78, 5) is 21.8. The summed E-state index contributed by atoms with van der Waals surface area (Å²) in [6, 6.07) is 4.65. The van der Waals surface area contributed by atoms with E-state index in [1.807, 2.05) is 17.2 Å². The molecule has 1 saturated carbocycles. The van der Waals surface area contributed by atoms with E-state index >= 15 is 0 Å². The van der Waals surface area contributed by atoms with Crippen LogP contribution in [-0.2, 0) is 6.54 Å². The van der Waals surface area contributed by atoms with Crippen molar-refractivity contribution >= 4 is 28.6 Å². The van der Waals surface area contributed by atoms with Gasteiger partial charge in [-0.1, -0.05) is 12.8 Å². The fraction of sp³-hybridized carbons (Fsp3) is 0.500. The molecule has 0 radical (unpaired) electrons. The van der Waals surface area contributed by atoms with E-state index in [0.29, 0.717) is 11.7 Å². The molecule has 0 bridgehead atoms. The van der Waals surface area contributed by atoms with Crippen molar-refractivity contribution in [3.8, 4) is 0 Å². The zero-order chi connectivity index (χ0) is 14.8. The van der Waals surface area contributed by atoms with Crippen LogP contribution in [-0.4, -0.2) is 21.8 Å². The molecule has 0 aliphatic heterocycles. The molecule has 1 aliphatic carbocycles. The maximum atomic E-state index is 12.8. The maximum Gasteiger partial charge on any atom is 0.273 e. The van der Waals surface area contributed by atoms with Gasteiger partial charge in [0.2, 0.25) is 0 Å². The van der Waals surface area contributed by atoms with Gasteiger partial charge in [-0.3, -0.25) is 4.79 Å². The van der Waals surface area contributed by atoms with Gasteiger partial charge in [-0.15, -0.1) is 22.7 Å². The SMILES string of the molecule is Cc1ccc(CN(C(=O)c2csc(C)n2)C2CCCC2)s1. The number of thiophene rings is 1. The standard InChI is InChI=1S/C16H20N2OS2/c1-11-7-8-14(21-11)9-18(13-5-3-4-6-13)16(19)15-10-20-12(2)17-15/h7-8,10,13H,3-6,9H2,1-2H3. The largest absolute Gasteiger partial charge is 0.329 e. The van der Waals surface area contributed by atoms with Crippen LogP contribution in [0.3, 0.4) is 0 Å². The monoisotopic (exact) mass is 320 g/mol. The van der Waals surface area contributed by atoms with Crippen molar-refractivity contribution in [3.63, 3.8) is 0 Å². The summed E-state index contributed by atoms with van der Waals surface area (Å²) in [5.74, 6) is 0.0947. The molecule has 3 rings (SSSR count). The number of thiazole rings is 1. The van der Waals surface area contributed by atoms with Crippen molar-refractivity contribution in [2.75, 3.05) is 0 Å². The van der Waals surface area contributed by atoms with Gasteiger partial charge in [0.15, 0.2) is 0 Å². The first-order valence-electron chi connectivity index (χ1n) is 7.42. The van der Waals surface area contributed by atoms with E-state index < -0.39 is 0 Å². The Morgan fingerprint density at radius 2 is 2.10 bits per heavy atom. The summed E-state index contributed by atoms with van der Waals surface area (Å²) in [6.07, 6.45) is 4.71. The second-order valence-electron chi connectivity index (χ2n) is 5.64. The molecular weight excluding hydrogens is 300 g/mol. The second-order valence-corrected chi connectivity index (χ2v) is 8.07. The van der Waals surface area contributed by atoms with Gasteiger partial charge in [-0.25, -0.2) is 4.98 Å². The first-order chi connectivity index (χ1) is 10.1. The Kier molecular flexibility index (Phi) is 4.40. The molecule has 0 spiro atoms. The van der Waals surface area contributed by atoms with Crippen LogP contribution in [0.15, 0.2) is 17.5 Å². The molecule has 2 aromatic rings. The fourth-order valence-corrected chi connectivity index (χ4v) is 4.41. The molecule has 2 aromatic heterocycles. The van der Waals surface area contributed by atoms with Gasteiger partial charge < -0.3 is 4.90 Å². The predicted molar refractivity (Wildman–Crippen MR) is 88.0 cm³/mol. The number of nitrogens with zero attached hydrogens (tertiary/aromatic N) is 2. The number of carbonyl (C=O) groups is 1. The Hall–Kier alpha value is -1.20. The topological polar surface area (TPSA) is 33.2 Å². The molecule has 1 fully saturated rings. The summed E-state index contributed by atoms with van der Waals surface area (Å²) in [6.45, 7) is 4.78. The average Bonchev–Trinajstić information content (AvgIpc) is 3.17. The molecule has 3 nitrogen and oxygen atoms in total. The quantitative estimate of drug-likeness (QED) is 0.836. The van der Waals surface area contributed by atoms with E-state index in [0.717, 1.165) is 24.4 Å². The summed E-state index contributed by atoms with van der Waals surface area (Å²) < 4.78 is 0. The zero-order valence-electron chi connectivity index (χ0n) is 12.5. The molecule has 0 unspecified atom stereocenters. The van der Waals surface area contributed by atoms with Crippen LogP contribution in [0.25, 0.3) is 0 Å². The summed E-state index contributed by atoms with van der Waals surface area (Å²) in [5, 5.41) is 2.84. The lowest BCUT2D eigenvalue weighted by Gasteiger charge is -2.28. The highest BCUT2D eigenvalue weighted by Gasteiger charge is 2.29. The second kappa shape index (κ2) is 6.28. The summed E-state index contributed by atoms with van der Waals surface area (Å²) in [7, 11) is 0. The number of hydrogen-bond acceptors (Lipinski definition) is 4. The number of hydrogen-bond donors (Lipinski definition) is 0. The van der Waals surface area contributed by atoms with Crippen molar-refractivity contribution in [2.45, 2.75) is 52.1 Å². The molecule has 2 heterocycles. The van der Waals surface area contributed by atoms with Crippen molar-refractivity contribution in [1.82, 2.24) is 9.88 Å². The molecule has 1 aliphatic rings. The van der Waals surface area contributed by atoms with Gasteiger partial charge in [0.25, 0.3) is 5.91 Å². The van der Waals surface area contributed by atoms with E-state index in [-0.39, 0.29) is 5.91 Å². The van der Waals surface area contributed by atoms with Crippen LogP contribution >= 0.6 is 22.7 Å². The zero-order valence-corrected chi connectivity index (χ0v) is 14.1. The van der Waals surface area contributed by atoms with Crippen LogP contribution in [0, 0.1) is 13.8 Å². The third-order valence-corrected chi connectivity index (χ3v) is 5.75. The molecule has 5 heteroatoms. The van der Waals surface area contributed by atoms with E-state index in [1.165, 1.54) is 22.6 Å². The summed E-state index contributed by atoms with van der Waals surface area (Å²) in [5.41, 5.74) is 0.609. The highest BCUT2D eigenvalue weighted by atomic mass is 32.1. The summed E-state index contributed by atoms with van der Waals surface area (Å²) >= 11 is 3.33. The maximum absolute atomic E-state index is 12.8. The van der Waals surface area contributed by atoms with Crippen molar-refractivity contribution in [1.29, 1.82) is 0 Å². The Morgan fingerprint density at radius 1 is 1.33 bits per heavy atom. The normalized spacial score (nSPS) is 15.5. The van der Waals surface area contributed by atoms with Crippen LogP contribution < -0.4 is 0 Å². The molecule has 1 amide bonds. The third kappa shape index (κ3) is 3.35. The van der Waals surface area contributed by atoms with Gasteiger partial charge in [-0.05, 0) is 38.8 Å². The molecule has 21 heavy (non-hydrogen) atoms. The minimum absolute atomic E-state index is 0.0947. The van der Waals surface area contributed by atoms with Gasteiger partial charge in [0.1, 0.15) is 5.69 Å². The van der Waals surface area contributed by atoms with Gasteiger partial charge >= 0.3 is 0 Å². The first-order valence-corrected chi connectivity index (χ1v) is 9.11. The van der Waals surface area contributed by atoms with Gasteiger partial charge in [0, 0.05) is 21.2 Å². The van der Waals surface area contributed by atoms with Crippen molar-refractivity contribution < 1.29 is 4.79 Å². The smallest absolute Gasteiger partial charge is 0.273 e. The molecule has 112 valence electrons. The highest BCUT2D eigenvalue weighted by molar-refractivity contribution is 7.11. The lowest BCUT2D eigenvalue weighted by Crippen LogP contribution is -2.38. The van der Waals surface area contributed by atoms with Crippen LogP contribution in [0.1, 0.15) is 50.9 Å². The number of rotatable bonds is 4. The highest BCUT2D eigenvalue weighted by Crippen LogP contribution is 2.28.